The predicted molar refractivity (Wildman–Crippen MR) is 34.6 cm³/mol. The van der Waals surface area contributed by atoms with Gasteiger partial charge in [0.15, 0.2) is 0 Å². The van der Waals surface area contributed by atoms with Crippen molar-refractivity contribution in [2.24, 2.45) is 5.16 Å². The first-order chi connectivity index (χ1) is 4.83. The van der Waals surface area contributed by atoms with Crippen LogP contribution < -0.4 is 0 Å². The van der Waals surface area contributed by atoms with Gasteiger partial charge in [-0.2, -0.15) is 0 Å². The van der Waals surface area contributed by atoms with Gasteiger partial charge in [-0.1, -0.05) is 5.16 Å². The minimum Gasteiger partial charge on any atom is -0.411 e. The van der Waals surface area contributed by atoms with E-state index in [0.29, 0.717) is 5.56 Å². The van der Waals surface area contributed by atoms with Gasteiger partial charge in [-0.05, 0) is 29.8 Å². The van der Waals surface area contributed by atoms with Gasteiger partial charge >= 0.3 is 0 Å². The summed E-state index contributed by atoms with van der Waals surface area (Å²) in [6.45, 7) is 0. The first-order valence-electron chi connectivity index (χ1n) is 2.67. The summed E-state index contributed by atoms with van der Waals surface area (Å²) in [4.78, 5) is 0. The normalized spacial score (nSPS) is 10.5. The molecule has 0 aliphatic heterocycles. The van der Waals surface area contributed by atoms with Crippen LogP contribution in [0, 0.1) is 11.9 Å². The highest BCUT2D eigenvalue weighted by Crippen LogP contribution is 1.99. The van der Waals surface area contributed by atoms with E-state index in [1.165, 1.54) is 18.2 Å². The highest BCUT2D eigenvalue weighted by atomic mass is 19.1. The molecular weight excluding hydrogens is 133 g/mol. The average molecular weight is 138 g/mol. The molecule has 0 unspecified atom stereocenters. The van der Waals surface area contributed by atoms with Crippen LogP contribution >= 0.6 is 0 Å². The van der Waals surface area contributed by atoms with E-state index in [0.717, 1.165) is 6.21 Å². The van der Waals surface area contributed by atoms with E-state index in [2.05, 4.69) is 11.2 Å². The lowest BCUT2D eigenvalue weighted by atomic mass is 10.2. The fourth-order valence-corrected chi connectivity index (χ4v) is 0.601. The Morgan fingerprint density at radius 2 is 2.40 bits per heavy atom. The van der Waals surface area contributed by atoms with Crippen LogP contribution in [-0.2, 0) is 0 Å². The van der Waals surface area contributed by atoms with Crippen molar-refractivity contribution in [3.63, 3.8) is 0 Å². The zero-order valence-corrected chi connectivity index (χ0v) is 5.08. The molecule has 51 valence electrons. The number of hydrogen-bond acceptors (Lipinski definition) is 2. The molecule has 10 heavy (non-hydrogen) atoms. The van der Waals surface area contributed by atoms with Crippen LogP contribution in [0.4, 0.5) is 4.39 Å². The Balaban J connectivity index is 2.95. The lowest BCUT2D eigenvalue weighted by Gasteiger charge is -1.88. The van der Waals surface area contributed by atoms with Crippen molar-refractivity contribution in [1.29, 1.82) is 0 Å². The highest BCUT2D eigenvalue weighted by Gasteiger charge is 1.89. The predicted octanol–water partition coefficient (Wildman–Crippen LogP) is 1.43. The van der Waals surface area contributed by atoms with E-state index in [4.69, 9.17) is 5.21 Å². The van der Waals surface area contributed by atoms with Crippen LogP contribution in [0.1, 0.15) is 5.56 Å². The van der Waals surface area contributed by atoms with Gasteiger partial charge in [-0.3, -0.25) is 0 Å². The van der Waals surface area contributed by atoms with Gasteiger partial charge in [0.1, 0.15) is 5.82 Å². The Morgan fingerprint density at radius 1 is 1.60 bits per heavy atom. The lowest BCUT2D eigenvalue weighted by molar-refractivity contribution is 0.322. The maximum atomic E-state index is 12.3. The van der Waals surface area contributed by atoms with Crippen molar-refractivity contribution in [1.82, 2.24) is 0 Å². The molecule has 0 bridgehead atoms. The van der Waals surface area contributed by atoms with Crippen molar-refractivity contribution in [3.8, 4) is 0 Å². The smallest absolute Gasteiger partial charge is 0.124 e. The van der Waals surface area contributed by atoms with Gasteiger partial charge in [-0.15, -0.1) is 0 Å². The third kappa shape index (κ3) is 1.55. The number of benzene rings is 1. The van der Waals surface area contributed by atoms with Gasteiger partial charge < -0.3 is 5.21 Å². The number of hydrogen-bond donors (Lipinski definition) is 1. The highest BCUT2D eigenvalue weighted by molar-refractivity contribution is 5.78. The molecule has 0 aliphatic carbocycles. The summed E-state index contributed by atoms with van der Waals surface area (Å²) in [7, 11) is 0. The monoisotopic (exact) mass is 138 g/mol. The number of oxime groups is 1. The molecule has 1 aromatic carbocycles. The van der Waals surface area contributed by atoms with E-state index in [-0.39, 0.29) is 0 Å². The van der Waals surface area contributed by atoms with Crippen LogP contribution in [0.25, 0.3) is 0 Å². The first kappa shape index (κ1) is 6.74. The lowest BCUT2D eigenvalue weighted by Crippen LogP contribution is -1.81. The zero-order valence-electron chi connectivity index (χ0n) is 5.08. The van der Waals surface area contributed by atoms with Crippen LogP contribution in [0.2, 0.25) is 0 Å². The molecule has 1 rings (SSSR count). The van der Waals surface area contributed by atoms with Crippen LogP contribution in [-0.4, -0.2) is 11.4 Å². The molecule has 1 N–H and O–H groups in total. The Labute approximate surface area is 57.6 Å². The van der Waals surface area contributed by atoms with Crippen molar-refractivity contribution in [3.05, 3.63) is 35.6 Å². The van der Waals surface area contributed by atoms with Crippen LogP contribution in [0.15, 0.2) is 23.4 Å². The minimum absolute atomic E-state index is 0.391. The molecule has 0 amide bonds. The molecule has 0 atom stereocenters. The SMILES string of the molecule is ON=Cc1c[c]cc(F)c1. The van der Waals surface area contributed by atoms with E-state index in [9.17, 15) is 4.39 Å². The van der Waals surface area contributed by atoms with Crippen molar-refractivity contribution < 1.29 is 9.60 Å². The summed E-state index contributed by atoms with van der Waals surface area (Å²) in [5.41, 5.74) is 0.488. The molecule has 0 aromatic heterocycles. The average Bonchev–Trinajstić information content (AvgIpc) is 1.88. The van der Waals surface area contributed by atoms with E-state index in [1.54, 1.807) is 0 Å². The zero-order chi connectivity index (χ0) is 7.40. The molecular formula is C7H5FNO. The third-order valence-electron chi connectivity index (χ3n) is 0.983. The molecule has 0 aliphatic rings. The van der Waals surface area contributed by atoms with E-state index >= 15 is 0 Å². The molecule has 0 saturated heterocycles. The number of rotatable bonds is 1. The topological polar surface area (TPSA) is 32.6 Å². The summed E-state index contributed by atoms with van der Waals surface area (Å²) in [5.74, 6) is -0.391. The molecule has 3 heteroatoms. The second-order valence-electron chi connectivity index (χ2n) is 1.73. The summed E-state index contributed by atoms with van der Waals surface area (Å²) in [6.07, 6.45) is 1.14. The minimum atomic E-state index is -0.391. The molecule has 0 spiro atoms. The fourth-order valence-electron chi connectivity index (χ4n) is 0.601. The third-order valence-corrected chi connectivity index (χ3v) is 0.983. The fraction of sp³-hybridized carbons (Fsp3) is 0. The Kier molecular flexibility index (Phi) is 1.99. The van der Waals surface area contributed by atoms with E-state index < -0.39 is 5.82 Å². The van der Waals surface area contributed by atoms with E-state index in [1.807, 2.05) is 0 Å². The van der Waals surface area contributed by atoms with Gasteiger partial charge in [0.05, 0.1) is 6.21 Å². The van der Waals surface area contributed by atoms with Crippen molar-refractivity contribution in [2.45, 2.75) is 0 Å². The first-order valence-corrected chi connectivity index (χ1v) is 2.67. The van der Waals surface area contributed by atoms with Gasteiger partial charge in [0.25, 0.3) is 0 Å². The molecule has 2 nitrogen and oxygen atoms in total. The summed E-state index contributed by atoms with van der Waals surface area (Å²) < 4.78 is 12.3. The molecule has 1 aromatic rings. The largest absolute Gasteiger partial charge is 0.411 e. The summed E-state index contributed by atoms with van der Waals surface area (Å²) in [5, 5.41) is 10.8. The quantitative estimate of drug-likeness (QED) is 0.355. The molecule has 1 radical (unpaired) electrons. The Morgan fingerprint density at radius 3 is 3.00 bits per heavy atom. The molecule has 0 fully saturated rings. The maximum absolute atomic E-state index is 12.3. The standard InChI is InChI=1S/C7H5FNO/c8-7-3-1-2-6(4-7)5-9-10/h2-5,10H. The van der Waals surface area contributed by atoms with Gasteiger partial charge in [0, 0.05) is 0 Å². The van der Waals surface area contributed by atoms with Crippen LogP contribution in [0.3, 0.4) is 0 Å². The van der Waals surface area contributed by atoms with Crippen molar-refractivity contribution in [2.75, 3.05) is 0 Å². The number of halogens is 1. The maximum Gasteiger partial charge on any atom is 0.124 e. The second-order valence-corrected chi connectivity index (χ2v) is 1.73. The second kappa shape index (κ2) is 2.96. The Bertz CT molecular complexity index is 247. The molecule has 0 saturated carbocycles. The number of nitrogens with zero attached hydrogens (tertiary/aromatic N) is 1. The summed E-state index contributed by atoms with van der Waals surface area (Å²) >= 11 is 0. The molecule has 0 heterocycles. The Hall–Kier alpha value is -1.38. The summed E-state index contributed by atoms with van der Waals surface area (Å²) in [6, 6.07) is 6.50. The van der Waals surface area contributed by atoms with Crippen molar-refractivity contribution >= 4 is 6.21 Å². The van der Waals surface area contributed by atoms with Crippen LogP contribution in [0.5, 0.6) is 0 Å². The van der Waals surface area contributed by atoms with Gasteiger partial charge in [0.2, 0.25) is 0 Å². The van der Waals surface area contributed by atoms with Gasteiger partial charge in [-0.25, -0.2) is 4.39 Å².